The quantitative estimate of drug-likeness (QED) is 0.893. The third-order valence-corrected chi connectivity index (χ3v) is 2.94. The smallest absolute Gasteiger partial charge is 0.257 e. The topological polar surface area (TPSA) is 75.1 Å². The molecule has 0 atom stereocenters. The average molecular weight is 271 g/mol. The minimum absolute atomic E-state index is 0.0557. The van der Waals surface area contributed by atoms with Crippen LogP contribution in [0.25, 0.3) is 0 Å². The van der Waals surface area contributed by atoms with E-state index in [-0.39, 0.29) is 12.5 Å². The summed E-state index contributed by atoms with van der Waals surface area (Å²) in [5.41, 5.74) is 3.32. The van der Waals surface area contributed by atoms with E-state index in [0.29, 0.717) is 29.1 Å². The summed E-state index contributed by atoms with van der Waals surface area (Å²) in [6.45, 7) is 3.68. The summed E-state index contributed by atoms with van der Waals surface area (Å²) in [5, 5.41) is 19.9. The van der Waals surface area contributed by atoms with Crippen molar-refractivity contribution in [2.24, 2.45) is 0 Å². The Morgan fingerprint density at radius 3 is 2.80 bits per heavy atom. The first-order valence-corrected chi connectivity index (χ1v) is 6.48. The molecule has 0 bridgehead atoms. The summed E-state index contributed by atoms with van der Waals surface area (Å²) in [7, 11) is 0. The molecule has 2 rings (SSSR count). The number of nitrogens with one attached hydrogen (secondary N) is 1. The number of carbonyl (C=O) groups excluding carboxylic acids is 1. The van der Waals surface area contributed by atoms with Crippen LogP contribution in [0.3, 0.4) is 0 Å². The highest BCUT2D eigenvalue weighted by atomic mass is 16.3. The summed E-state index contributed by atoms with van der Waals surface area (Å²) >= 11 is 0. The number of rotatable bonds is 4. The fraction of sp³-hybridized carbons (Fsp3) is 0.267. The number of hydrogen-bond acceptors (Lipinski definition) is 4. The lowest BCUT2D eigenvalue weighted by Crippen LogP contribution is -2.16. The van der Waals surface area contributed by atoms with Crippen LogP contribution < -0.4 is 5.32 Å². The Morgan fingerprint density at radius 2 is 2.10 bits per heavy atom. The third kappa shape index (κ3) is 3.19. The number of benzene rings is 1. The molecule has 0 radical (unpaired) electrons. The standard InChI is InChI=1S/C15H17N3O2/c1-3-14-13(7-10(2)17-18-14)15(20)16-12-6-4-5-11(8-12)9-19/h4-8,19H,3,9H2,1-2H3,(H,16,20). The zero-order valence-corrected chi connectivity index (χ0v) is 11.6. The van der Waals surface area contributed by atoms with Gasteiger partial charge < -0.3 is 10.4 Å². The Balaban J connectivity index is 2.25. The maximum atomic E-state index is 12.3. The van der Waals surface area contributed by atoms with Gasteiger partial charge in [0.2, 0.25) is 0 Å². The number of aliphatic hydroxyl groups excluding tert-OH is 1. The molecule has 1 heterocycles. The van der Waals surface area contributed by atoms with Crippen LogP contribution in [0.15, 0.2) is 30.3 Å². The Hall–Kier alpha value is -2.27. The van der Waals surface area contributed by atoms with E-state index in [1.807, 2.05) is 6.92 Å². The monoisotopic (exact) mass is 271 g/mol. The first-order valence-electron chi connectivity index (χ1n) is 6.48. The molecule has 1 amide bonds. The lowest BCUT2D eigenvalue weighted by atomic mass is 10.1. The second-order valence-electron chi connectivity index (χ2n) is 4.51. The van der Waals surface area contributed by atoms with E-state index in [4.69, 9.17) is 5.11 Å². The number of aryl methyl sites for hydroxylation is 2. The van der Waals surface area contributed by atoms with Gasteiger partial charge in [-0.1, -0.05) is 19.1 Å². The summed E-state index contributed by atoms with van der Waals surface area (Å²) in [4.78, 5) is 12.3. The molecule has 2 aromatic rings. The third-order valence-electron chi connectivity index (χ3n) is 2.94. The fourth-order valence-corrected chi connectivity index (χ4v) is 1.92. The lowest BCUT2D eigenvalue weighted by molar-refractivity contribution is 0.102. The van der Waals surface area contributed by atoms with Gasteiger partial charge in [-0.2, -0.15) is 10.2 Å². The number of anilines is 1. The molecule has 0 aliphatic carbocycles. The van der Waals surface area contributed by atoms with E-state index in [9.17, 15) is 4.79 Å². The predicted molar refractivity (Wildman–Crippen MR) is 76.5 cm³/mol. The Morgan fingerprint density at radius 1 is 1.30 bits per heavy atom. The zero-order chi connectivity index (χ0) is 14.5. The van der Waals surface area contributed by atoms with E-state index >= 15 is 0 Å². The van der Waals surface area contributed by atoms with Crippen LogP contribution in [0.4, 0.5) is 5.69 Å². The van der Waals surface area contributed by atoms with Crippen LogP contribution >= 0.6 is 0 Å². The highest BCUT2D eigenvalue weighted by Gasteiger charge is 2.13. The highest BCUT2D eigenvalue weighted by Crippen LogP contribution is 2.14. The molecule has 5 heteroatoms. The average Bonchev–Trinajstić information content (AvgIpc) is 2.47. The summed E-state index contributed by atoms with van der Waals surface area (Å²) < 4.78 is 0. The van der Waals surface area contributed by atoms with Crippen molar-refractivity contribution in [3.8, 4) is 0 Å². The second kappa shape index (κ2) is 6.25. The number of hydrogen-bond donors (Lipinski definition) is 2. The number of aliphatic hydroxyl groups is 1. The van der Waals surface area contributed by atoms with Crippen LogP contribution in [0.1, 0.15) is 34.2 Å². The van der Waals surface area contributed by atoms with Crippen LogP contribution in [-0.4, -0.2) is 21.2 Å². The van der Waals surface area contributed by atoms with Gasteiger partial charge in [-0.3, -0.25) is 4.79 Å². The highest BCUT2D eigenvalue weighted by molar-refractivity contribution is 6.05. The van der Waals surface area contributed by atoms with Crippen LogP contribution in [0, 0.1) is 6.92 Å². The van der Waals surface area contributed by atoms with Gasteiger partial charge in [0.25, 0.3) is 5.91 Å². The van der Waals surface area contributed by atoms with Gasteiger partial charge in [0.1, 0.15) is 0 Å². The minimum atomic E-state index is -0.213. The SMILES string of the molecule is CCc1nnc(C)cc1C(=O)Nc1cccc(CO)c1. The molecule has 0 spiro atoms. The molecule has 20 heavy (non-hydrogen) atoms. The van der Waals surface area contributed by atoms with Gasteiger partial charge in [0, 0.05) is 5.69 Å². The summed E-state index contributed by atoms with van der Waals surface area (Å²) in [6.07, 6.45) is 0.646. The number of nitrogens with zero attached hydrogens (tertiary/aromatic N) is 2. The zero-order valence-electron chi connectivity index (χ0n) is 11.6. The molecule has 104 valence electrons. The fourth-order valence-electron chi connectivity index (χ4n) is 1.92. The Labute approximate surface area is 117 Å². The number of amides is 1. The van der Waals surface area contributed by atoms with E-state index in [1.54, 1.807) is 37.3 Å². The molecule has 0 fully saturated rings. The van der Waals surface area contributed by atoms with Gasteiger partial charge in [-0.05, 0) is 37.1 Å². The number of carbonyl (C=O) groups is 1. The van der Waals surface area contributed by atoms with Crippen LogP contribution in [0.5, 0.6) is 0 Å². The maximum absolute atomic E-state index is 12.3. The van der Waals surface area contributed by atoms with Gasteiger partial charge in [-0.15, -0.1) is 0 Å². The molecule has 0 aliphatic heterocycles. The summed E-state index contributed by atoms with van der Waals surface area (Å²) in [6, 6.07) is 8.84. The lowest BCUT2D eigenvalue weighted by Gasteiger charge is -2.09. The Kier molecular flexibility index (Phi) is 4.42. The van der Waals surface area contributed by atoms with E-state index in [1.165, 1.54) is 0 Å². The van der Waals surface area contributed by atoms with Gasteiger partial charge >= 0.3 is 0 Å². The van der Waals surface area contributed by atoms with E-state index < -0.39 is 0 Å². The van der Waals surface area contributed by atoms with Crippen LogP contribution in [-0.2, 0) is 13.0 Å². The molecule has 0 saturated carbocycles. The van der Waals surface area contributed by atoms with E-state index in [0.717, 1.165) is 5.56 Å². The molecular formula is C15H17N3O2. The first kappa shape index (κ1) is 14.1. The van der Waals surface area contributed by atoms with E-state index in [2.05, 4.69) is 15.5 Å². The molecule has 5 nitrogen and oxygen atoms in total. The van der Waals surface area contributed by atoms with Crippen LogP contribution in [0.2, 0.25) is 0 Å². The largest absolute Gasteiger partial charge is 0.392 e. The van der Waals surface area contributed by atoms with Gasteiger partial charge in [-0.25, -0.2) is 0 Å². The second-order valence-corrected chi connectivity index (χ2v) is 4.51. The van der Waals surface area contributed by atoms with Gasteiger partial charge in [0.05, 0.1) is 23.6 Å². The molecule has 1 aromatic heterocycles. The summed E-state index contributed by atoms with van der Waals surface area (Å²) in [5.74, 6) is -0.213. The van der Waals surface area contributed by atoms with Crippen molar-refractivity contribution in [1.29, 1.82) is 0 Å². The number of aromatic nitrogens is 2. The molecule has 0 aliphatic rings. The minimum Gasteiger partial charge on any atom is -0.392 e. The van der Waals surface area contributed by atoms with Crippen molar-refractivity contribution in [3.63, 3.8) is 0 Å². The van der Waals surface area contributed by atoms with Crippen molar-refractivity contribution in [2.75, 3.05) is 5.32 Å². The molecule has 2 N–H and O–H groups in total. The van der Waals surface area contributed by atoms with Crippen molar-refractivity contribution in [2.45, 2.75) is 26.9 Å². The molecule has 0 saturated heterocycles. The van der Waals surface area contributed by atoms with Gasteiger partial charge in [0.15, 0.2) is 0 Å². The Bertz CT molecular complexity index is 626. The maximum Gasteiger partial charge on any atom is 0.257 e. The molecular weight excluding hydrogens is 254 g/mol. The first-order chi connectivity index (χ1) is 9.63. The van der Waals surface area contributed by atoms with Crippen molar-refractivity contribution >= 4 is 11.6 Å². The normalized spacial score (nSPS) is 10.3. The molecule has 1 aromatic carbocycles. The van der Waals surface area contributed by atoms with Crippen molar-refractivity contribution < 1.29 is 9.90 Å². The van der Waals surface area contributed by atoms with Crippen molar-refractivity contribution in [3.05, 3.63) is 52.8 Å². The predicted octanol–water partition coefficient (Wildman–Crippen LogP) is 2.09. The molecule has 0 unspecified atom stereocenters. The van der Waals surface area contributed by atoms with Crippen molar-refractivity contribution in [1.82, 2.24) is 10.2 Å².